The van der Waals surface area contributed by atoms with E-state index in [9.17, 15) is 0 Å². The van der Waals surface area contributed by atoms with E-state index in [1.807, 2.05) is 6.92 Å². The summed E-state index contributed by atoms with van der Waals surface area (Å²) >= 11 is 0. The third-order valence-electron chi connectivity index (χ3n) is 3.04. The van der Waals surface area contributed by atoms with Crippen molar-refractivity contribution in [2.24, 2.45) is 5.84 Å². The maximum Gasteiger partial charge on any atom is 0.0869 e. The number of hydrogen-bond acceptors (Lipinski definition) is 4. The van der Waals surface area contributed by atoms with Crippen molar-refractivity contribution >= 4 is 0 Å². The van der Waals surface area contributed by atoms with Gasteiger partial charge in [0.05, 0.1) is 12.7 Å². The van der Waals surface area contributed by atoms with E-state index in [-0.39, 0.29) is 12.1 Å². The van der Waals surface area contributed by atoms with Gasteiger partial charge in [-0.1, -0.05) is 6.92 Å². The van der Waals surface area contributed by atoms with Gasteiger partial charge in [0.25, 0.3) is 0 Å². The Morgan fingerprint density at radius 2 is 2.44 bits per heavy atom. The Bertz CT molecular complexity index is 246. The van der Waals surface area contributed by atoms with Crippen molar-refractivity contribution in [2.75, 3.05) is 26.2 Å². The number of nitrogens with one attached hydrogen (secondary N) is 1. The molecule has 0 amide bonds. The Morgan fingerprint density at radius 3 is 3.06 bits per heavy atom. The highest BCUT2D eigenvalue weighted by Crippen LogP contribution is 2.12. The largest absolute Gasteiger partial charge is 0.374 e. The molecule has 0 aromatic carbocycles. The SMILES string of the molecule is CC#CCCC(NN)C1CN(CC)CCO1. The minimum atomic E-state index is 0.192. The molecule has 2 unspecified atom stereocenters. The van der Waals surface area contributed by atoms with Crippen LogP contribution in [0.1, 0.15) is 26.7 Å². The molecular weight excluding hydrogens is 202 g/mol. The summed E-state index contributed by atoms with van der Waals surface area (Å²) in [4.78, 5) is 2.39. The summed E-state index contributed by atoms with van der Waals surface area (Å²) in [6.07, 6.45) is 2.01. The lowest BCUT2D eigenvalue weighted by Gasteiger charge is -2.36. The zero-order valence-corrected chi connectivity index (χ0v) is 10.3. The Hall–Kier alpha value is -0.600. The summed E-state index contributed by atoms with van der Waals surface area (Å²) in [5.74, 6) is 11.5. The van der Waals surface area contributed by atoms with Crippen molar-refractivity contribution in [3.63, 3.8) is 0 Å². The van der Waals surface area contributed by atoms with Gasteiger partial charge in [0, 0.05) is 25.6 Å². The van der Waals surface area contributed by atoms with E-state index >= 15 is 0 Å². The molecule has 1 aliphatic rings. The lowest BCUT2D eigenvalue weighted by molar-refractivity contribution is -0.0459. The minimum absolute atomic E-state index is 0.192. The molecule has 1 fully saturated rings. The quantitative estimate of drug-likeness (QED) is 0.402. The fourth-order valence-corrected chi connectivity index (χ4v) is 1.99. The van der Waals surface area contributed by atoms with E-state index in [0.717, 1.165) is 39.1 Å². The summed E-state index contributed by atoms with van der Waals surface area (Å²) in [6, 6.07) is 0.204. The molecule has 0 spiro atoms. The summed E-state index contributed by atoms with van der Waals surface area (Å²) in [6.45, 7) is 7.91. The molecule has 2 atom stereocenters. The second-order valence-electron chi connectivity index (χ2n) is 4.04. The second kappa shape index (κ2) is 7.64. The van der Waals surface area contributed by atoms with Crippen LogP contribution in [0.4, 0.5) is 0 Å². The number of nitrogens with two attached hydrogens (primary N) is 1. The normalized spacial score (nSPS) is 23.6. The van der Waals surface area contributed by atoms with E-state index in [0.29, 0.717) is 0 Å². The van der Waals surface area contributed by atoms with Gasteiger partial charge in [-0.25, -0.2) is 0 Å². The van der Waals surface area contributed by atoms with Gasteiger partial charge in [-0.15, -0.1) is 11.8 Å². The number of likely N-dealkylation sites (N-methyl/N-ethyl adjacent to an activating group) is 1. The Morgan fingerprint density at radius 1 is 1.62 bits per heavy atom. The van der Waals surface area contributed by atoms with Crippen molar-refractivity contribution in [1.82, 2.24) is 10.3 Å². The van der Waals surface area contributed by atoms with E-state index in [1.54, 1.807) is 0 Å². The average molecular weight is 225 g/mol. The predicted octanol–water partition coefficient (Wildman–Crippen LogP) is 0.343. The van der Waals surface area contributed by atoms with Gasteiger partial charge < -0.3 is 4.74 Å². The molecule has 0 radical (unpaired) electrons. The summed E-state index contributed by atoms with van der Waals surface area (Å²) in [5, 5.41) is 0. The number of rotatable bonds is 5. The van der Waals surface area contributed by atoms with Crippen LogP contribution in [0.2, 0.25) is 0 Å². The van der Waals surface area contributed by atoms with Crippen LogP contribution in [-0.2, 0) is 4.74 Å². The van der Waals surface area contributed by atoms with Gasteiger partial charge >= 0.3 is 0 Å². The van der Waals surface area contributed by atoms with Crippen LogP contribution in [0.3, 0.4) is 0 Å². The van der Waals surface area contributed by atoms with Crippen LogP contribution < -0.4 is 11.3 Å². The monoisotopic (exact) mass is 225 g/mol. The summed E-state index contributed by atoms with van der Waals surface area (Å²) in [7, 11) is 0. The molecule has 16 heavy (non-hydrogen) atoms. The van der Waals surface area contributed by atoms with E-state index in [4.69, 9.17) is 10.6 Å². The zero-order valence-electron chi connectivity index (χ0n) is 10.3. The molecule has 0 saturated carbocycles. The lowest BCUT2D eigenvalue weighted by Crippen LogP contribution is -2.53. The molecule has 0 aliphatic carbocycles. The molecule has 0 bridgehead atoms. The maximum atomic E-state index is 5.76. The van der Waals surface area contributed by atoms with Crippen LogP contribution in [0.5, 0.6) is 0 Å². The summed E-state index contributed by atoms with van der Waals surface area (Å²) in [5.41, 5.74) is 2.86. The van der Waals surface area contributed by atoms with Gasteiger partial charge in [0.15, 0.2) is 0 Å². The predicted molar refractivity (Wildman–Crippen MR) is 65.6 cm³/mol. The Kier molecular flexibility index (Phi) is 6.43. The lowest BCUT2D eigenvalue weighted by atomic mass is 10.0. The maximum absolute atomic E-state index is 5.76. The molecule has 1 heterocycles. The molecule has 4 heteroatoms. The molecule has 1 aliphatic heterocycles. The molecule has 0 aromatic heterocycles. The van der Waals surface area contributed by atoms with Crippen LogP contribution in [0, 0.1) is 11.8 Å². The van der Waals surface area contributed by atoms with Crippen LogP contribution in [0.15, 0.2) is 0 Å². The van der Waals surface area contributed by atoms with Crippen LogP contribution in [0.25, 0.3) is 0 Å². The number of hydrogen-bond donors (Lipinski definition) is 2. The Labute approximate surface area is 98.5 Å². The van der Waals surface area contributed by atoms with E-state index in [2.05, 4.69) is 29.1 Å². The van der Waals surface area contributed by atoms with Gasteiger partial charge in [-0.3, -0.25) is 16.2 Å². The number of nitrogens with zero attached hydrogens (tertiary/aromatic N) is 1. The number of ether oxygens (including phenoxy) is 1. The highest BCUT2D eigenvalue weighted by molar-refractivity contribution is 4.96. The van der Waals surface area contributed by atoms with Crippen molar-refractivity contribution in [2.45, 2.75) is 38.8 Å². The first kappa shape index (κ1) is 13.5. The van der Waals surface area contributed by atoms with Crippen LogP contribution in [-0.4, -0.2) is 43.3 Å². The minimum Gasteiger partial charge on any atom is -0.374 e. The fourth-order valence-electron chi connectivity index (χ4n) is 1.99. The highest BCUT2D eigenvalue weighted by Gasteiger charge is 2.26. The highest BCUT2D eigenvalue weighted by atomic mass is 16.5. The van der Waals surface area contributed by atoms with Gasteiger partial charge in [0.2, 0.25) is 0 Å². The van der Waals surface area contributed by atoms with Gasteiger partial charge in [-0.2, -0.15) is 0 Å². The molecule has 1 saturated heterocycles. The first-order valence-corrected chi connectivity index (χ1v) is 6.01. The van der Waals surface area contributed by atoms with Crippen molar-refractivity contribution < 1.29 is 4.74 Å². The van der Waals surface area contributed by atoms with Crippen molar-refractivity contribution in [3.8, 4) is 11.8 Å². The third kappa shape index (κ3) is 4.11. The zero-order chi connectivity index (χ0) is 11.8. The van der Waals surface area contributed by atoms with Crippen molar-refractivity contribution in [3.05, 3.63) is 0 Å². The first-order valence-electron chi connectivity index (χ1n) is 6.01. The van der Waals surface area contributed by atoms with Gasteiger partial charge in [0.1, 0.15) is 0 Å². The second-order valence-corrected chi connectivity index (χ2v) is 4.04. The van der Waals surface area contributed by atoms with Crippen molar-refractivity contribution in [1.29, 1.82) is 0 Å². The number of hydrazine groups is 1. The topological polar surface area (TPSA) is 50.5 Å². The van der Waals surface area contributed by atoms with Gasteiger partial charge in [-0.05, 0) is 19.9 Å². The molecule has 4 nitrogen and oxygen atoms in total. The molecule has 92 valence electrons. The first-order chi connectivity index (χ1) is 7.81. The molecule has 3 N–H and O–H groups in total. The third-order valence-corrected chi connectivity index (χ3v) is 3.04. The smallest absolute Gasteiger partial charge is 0.0869 e. The summed E-state index contributed by atoms with van der Waals surface area (Å²) < 4.78 is 5.76. The van der Waals surface area contributed by atoms with E-state index < -0.39 is 0 Å². The number of morpholine rings is 1. The van der Waals surface area contributed by atoms with Crippen LogP contribution >= 0.6 is 0 Å². The van der Waals surface area contributed by atoms with E-state index in [1.165, 1.54) is 0 Å². The standard InChI is InChI=1S/C12H23N3O/c1-3-5-6-7-11(14-13)12-10-15(4-2)8-9-16-12/h11-12,14H,4,6-10,13H2,1-2H3. The average Bonchev–Trinajstić information content (AvgIpc) is 2.35. The fraction of sp³-hybridized carbons (Fsp3) is 0.833. The molecule has 1 rings (SSSR count). The molecular formula is C12H23N3O. The molecule has 0 aromatic rings. The Balaban J connectivity index is 2.40.